The third-order valence-electron chi connectivity index (χ3n) is 5.18. The molecule has 0 spiro atoms. The number of hydrogen-bond acceptors (Lipinski definition) is 6. The topological polar surface area (TPSA) is 113 Å². The highest BCUT2D eigenvalue weighted by molar-refractivity contribution is 7.89. The molecule has 0 atom stereocenters. The van der Waals surface area contributed by atoms with E-state index in [1.807, 2.05) is 0 Å². The van der Waals surface area contributed by atoms with Crippen LogP contribution in [0.5, 0.6) is 5.75 Å². The molecule has 3 amide bonds. The zero-order valence-electron chi connectivity index (χ0n) is 18.1. The van der Waals surface area contributed by atoms with Crippen LogP contribution in [0.2, 0.25) is 0 Å². The van der Waals surface area contributed by atoms with Crippen LogP contribution >= 0.6 is 0 Å². The minimum atomic E-state index is -3.73. The number of imide groups is 1. The number of carbonyl (C=O) groups excluding carboxylic acids is 3. The van der Waals surface area contributed by atoms with Crippen molar-refractivity contribution < 1.29 is 27.5 Å². The van der Waals surface area contributed by atoms with Gasteiger partial charge in [0.1, 0.15) is 5.75 Å². The predicted octanol–water partition coefficient (Wildman–Crippen LogP) is 2.63. The molecule has 1 aliphatic heterocycles. The van der Waals surface area contributed by atoms with Gasteiger partial charge in [-0.05, 0) is 36.4 Å². The van der Waals surface area contributed by atoms with Crippen molar-refractivity contribution in [3.63, 3.8) is 0 Å². The summed E-state index contributed by atoms with van der Waals surface area (Å²) >= 11 is 0. The first-order chi connectivity index (χ1) is 15.2. The number of methoxy groups -OCH3 is 1. The summed E-state index contributed by atoms with van der Waals surface area (Å²) in [6.07, 6.45) is 0.278. The Morgan fingerprint density at radius 3 is 2.31 bits per heavy atom. The molecule has 0 aromatic heterocycles. The van der Waals surface area contributed by atoms with E-state index < -0.39 is 15.9 Å². The number of rotatable bonds is 8. The highest BCUT2D eigenvalue weighted by Crippen LogP contribution is 2.30. The van der Waals surface area contributed by atoms with E-state index in [1.54, 1.807) is 26.0 Å². The van der Waals surface area contributed by atoms with Crippen LogP contribution in [0.3, 0.4) is 0 Å². The molecule has 3 rings (SSSR count). The average molecular weight is 460 g/mol. The molecular weight excluding hydrogens is 434 g/mol. The lowest BCUT2D eigenvalue weighted by atomic mass is 10.1. The highest BCUT2D eigenvalue weighted by Gasteiger charge is 2.30. The molecule has 0 unspecified atom stereocenters. The van der Waals surface area contributed by atoms with Crippen LogP contribution in [-0.2, 0) is 19.6 Å². The quantitative estimate of drug-likeness (QED) is 0.607. The van der Waals surface area contributed by atoms with Crippen molar-refractivity contribution in [2.45, 2.75) is 31.6 Å². The second-order valence-corrected chi connectivity index (χ2v) is 9.02. The number of sulfonamides is 1. The van der Waals surface area contributed by atoms with Gasteiger partial charge in [0, 0.05) is 31.5 Å². The Kier molecular flexibility index (Phi) is 6.95. The van der Waals surface area contributed by atoms with Gasteiger partial charge in [0.15, 0.2) is 0 Å². The summed E-state index contributed by atoms with van der Waals surface area (Å²) in [6, 6.07) is 10.4. The summed E-state index contributed by atoms with van der Waals surface area (Å²) in [7, 11) is -2.32. The Balaban J connectivity index is 1.92. The fourth-order valence-corrected chi connectivity index (χ4v) is 4.99. The lowest BCUT2D eigenvalue weighted by Gasteiger charge is -2.20. The highest BCUT2D eigenvalue weighted by atomic mass is 32.2. The van der Waals surface area contributed by atoms with E-state index in [1.165, 1.54) is 41.7 Å². The van der Waals surface area contributed by atoms with Gasteiger partial charge in [-0.15, -0.1) is 0 Å². The molecule has 0 saturated carbocycles. The van der Waals surface area contributed by atoms with Gasteiger partial charge in [-0.1, -0.05) is 19.9 Å². The van der Waals surface area contributed by atoms with Crippen molar-refractivity contribution in [3.8, 4) is 5.75 Å². The Morgan fingerprint density at radius 1 is 1.06 bits per heavy atom. The van der Waals surface area contributed by atoms with Crippen LogP contribution in [0, 0.1) is 0 Å². The molecule has 9 nitrogen and oxygen atoms in total. The third kappa shape index (κ3) is 4.51. The molecule has 170 valence electrons. The number of carbonyl (C=O) groups is 3. The Bertz CT molecular complexity index is 1140. The maximum Gasteiger partial charge on any atom is 0.255 e. The standard InChI is InChI=1S/C22H25N3O6S/c1-4-24(5-2)32(29,30)17-9-10-19(31-3)18(14-17)23-22(28)15-7-6-8-16(13-15)25-20(26)11-12-21(25)27/h6-10,13-14H,4-5,11-12H2,1-3H3,(H,23,28). The lowest BCUT2D eigenvalue weighted by molar-refractivity contribution is -0.121. The summed E-state index contributed by atoms with van der Waals surface area (Å²) in [5.74, 6) is -0.883. The number of hydrogen-bond donors (Lipinski definition) is 1. The molecule has 2 aromatic carbocycles. The van der Waals surface area contributed by atoms with Crippen LogP contribution < -0.4 is 15.0 Å². The number of nitrogens with zero attached hydrogens (tertiary/aromatic N) is 2. The summed E-state index contributed by atoms with van der Waals surface area (Å²) < 4.78 is 32.3. The summed E-state index contributed by atoms with van der Waals surface area (Å²) in [5, 5.41) is 2.67. The second kappa shape index (κ2) is 9.49. The van der Waals surface area contributed by atoms with E-state index >= 15 is 0 Å². The van der Waals surface area contributed by atoms with Crippen LogP contribution in [0.25, 0.3) is 0 Å². The summed E-state index contributed by atoms with van der Waals surface area (Å²) in [5.41, 5.74) is 0.702. The summed E-state index contributed by atoms with van der Waals surface area (Å²) in [4.78, 5) is 38.0. The molecule has 32 heavy (non-hydrogen) atoms. The van der Waals surface area contributed by atoms with Gasteiger partial charge >= 0.3 is 0 Å². The zero-order valence-corrected chi connectivity index (χ0v) is 18.9. The maximum absolute atomic E-state index is 12.9. The number of nitrogens with one attached hydrogen (secondary N) is 1. The molecule has 0 radical (unpaired) electrons. The fourth-order valence-electron chi connectivity index (χ4n) is 3.50. The molecule has 1 saturated heterocycles. The number of benzene rings is 2. The average Bonchev–Trinajstić information content (AvgIpc) is 3.12. The van der Waals surface area contributed by atoms with E-state index in [0.29, 0.717) is 18.8 Å². The Hall–Kier alpha value is -3.24. The number of anilines is 2. The number of amides is 3. The second-order valence-electron chi connectivity index (χ2n) is 7.08. The van der Waals surface area contributed by atoms with Gasteiger partial charge in [-0.25, -0.2) is 8.42 Å². The predicted molar refractivity (Wildman–Crippen MR) is 119 cm³/mol. The van der Waals surface area contributed by atoms with Crippen molar-refractivity contribution in [1.82, 2.24) is 4.31 Å². The monoisotopic (exact) mass is 459 g/mol. The van der Waals surface area contributed by atoms with Gasteiger partial charge in [-0.3, -0.25) is 19.3 Å². The van der Waals surface area contributed by atoms with Crippen molar-refractivity contribution in [3.05, 3.63) is 48.0 Å². The van der Waals surface area contributed by atoms with Crippen molar-refractivity contribution >= 4 is 39.1 Å². The van der Waals surface area contributed by atoms with E-state index in [4.69, 9.17) is 4.74 Å². The van der Waals surface area contributed by atoms with Gasteiger partial charge in [0.2, 0.25) is 21.8 Å². The molecular formula is C22H25N3O6S. The first-order valence-corrected chi connectivity index (χ1v) is 11.6. The first kappa shape index (κ1) is 23.4. The van der Waals surface area contributed by atoms with Gasteiger partial charge in [-0.2, -0.15) is 4.31 Å². The van der Waals surface area contributed by atoms with Crippen molar-refractivity contribution in [2.24, 2.45) is 0 Å². The van der Waals surface area contributed by atoms with E-state index in [0.717, 1.165) is 4.90 Å². The van der Waals surface area contributed by atoms with Crippen LogP contribution in [0.4, 0.5) is 11.4 Å². The Morgan fingerprint density at radius 2 is 1.72 bits per heavy atom. The number of ether oxygens (including phenoxy) is 1. The van der Waals surface area contributed by atoms with Gasteiger partial charge < -0.3 is 10.1 Å². The van der Waals surface area contributed by atoms with Crippen LogP contribution in [-0.4, -0.2) is 50.6 Å². The van der Waals surface area contributed by atoms with Crippen LogP contribution in [0.15, 0.2) is 47.4 Å². The molecule has 1 fully saturated rings. The van der Waals surface area contributed by atoms with Gasteiger partial charge in [0.25, 0.3) is 5.91 Å². The first-order valence-electron chi connectivity index (χ1n) is 10.2. The Labute approximate surface area is 187 Å². The largest absolute Gasteiger partial charge is 0.495 e. The van der Waals surface area contributed by atoms with Gasteiger partial charge in [0.05, 0.1) is 23.4 Å². The third-order valence-corrected chi connectivity index (χ3v) is 7.23. The fraction of sp³-hybridized carbons (Fsp3) is 0.318. The lowest BCUT2D eigenvalue weighted by Crippen LogP contribution is -2.30. The molecule has 0 bridgehead atoms. The maximum atomic E-state index is 12.9. The molecule has 1 N–H and O–H groups in total. The SMILES string of the molecule is CCN(CC)S(=O)(=O)c1ccc(OC)c(NC(=O)c2cccc(N3C(=O)CCC3=O)c2)c1. The van der Waals surface area contributed by atoms with Crippen molar-refractivity contribution in [1.29, 1.82) is 0 Å². The van der Waals surface area contributed by atoms with E-state index in [2.05, 4.69) is 5.32 Å². The molecule has 0 aliphatic carbocycles. The zero-order chi connectivity index (χ0) is 23.5. The van der Waals surface area contributed by atoms with Crippen LogP contribution in [0.1, 0.15) is 37.0 Å². The van der Waals surface area contributed by atoms with E-state index in [9.17, 15) is 22.8 Å². The molecule has 1 heterocycles. The van der Waals surface area contributed by atoms with Crippen molar-refractivity contribution in [2.75, 3.05) is 30.4 Å². The minimum Gasteiger partial charge on any atom is -0.495 e. The molecule has 10 heteroatoms. The van der Waals surface area contributed by atoms with E-state index in [-0.39, 0.29) is 46.6 Å². The summed E-state index contributed by atoms with van der Waals surface area (Å²) in [6.45, 7) is 4.12. The minimum absolute atomic E-state index is 0.0271. The molecule has 1 aliphatic rings. The smallest absolute Gasteiger partial charge is 0.255 e. The normalized spacial score (nSPS) is 14.2. The molecule has 2 aromatic rings.